The fraction of sp³-hybridized carbons (Fsp3) is 0.423. The van der Waals surface area contributed by atoms with Gasteiger partial charge in [-0.1, -0.05) is 6.07 Å². The number of benzene rings is 1. The molecule has 3 atom stereocenters. The molecule has 0 spiro atoms. The third-order valence-electron chi connectivity index (χ3n) is 7.31. The summed E-state index contributed by atoms with van der Waals surface area (Å²) in [5, 5.41) is 23.5. The molecule has 4 heterocycles. The lowest BCUT2D eigenvalue weighted by Gasteiger charge is -2.45. The van der Waals surface area contributed by atoms with E-state index in [4.69, 9.17) is 4.74 Å². The van der Waals surface area contributed by atoms with Crippen LogP contribution in [0, 0.1) is 0 Å². The number of nitrogens with one attached hydrogen (secondary N) is 1. The van der Waals surface area contributed by atoms with Gasteiger partial charge in [-0.15, -0.1) is 10.2 Å². The summed E-state index contributed by atoms with van der Waals surface area (Å²) in [4.78, 5) is 6.40. The van der Waals surface area contributed by atoms with Gasteiger partial charge in [0.1, 0.15) is 5.75 Å². The van der Waals surface area contributed by atoms with Crippen LogP contribution in [0.15, 0.2) is 48.7 Å². The van der Waals surface area contributed by atoms with Crippen LogP contribution in [-0.4, -0.2) is 51.6 Å². The highest BCUT2D eigenvalue weighted by Crippen LogP contribution is 2.44. The predicted octanol–water partition coefficient (Wildman–Crippen LogP) is 4.42. The molecule has 2 bridgehead atoms. The van der Waals surface area contributed by atoms with Gasteiger partial charge in [0.05, 0.1) is 12.8 Å². The van der Waals surface area contributed by atoms with Crippen LogP contribution < -0.4 is 15.0 Å². The molecule has 2 aromatic heterocycles. The zero-order valence-corrected chi connectivity index (χ0v) is 19.7. The second-order valence-electron chi connectivity index (χ2n) is 10.0. The van der Waals surface area contributed by atoms with Gasteiger partial charge < -0.3 is 20.1 Å². The first-order valence-electron chi connectivity index (χ1n) is 11.5. The van der Waals surface area contributed by atoms with Crippen LogP contribution in [0.4, 0.5) is 5.82 Å². The van der Waals surface area contributed by atoms with Gasteiger partial charge in [-0.05, 0) is 81.0 Å². The van der Waals surface area contributed by atoms with Gasteiger partial charge in [0.25, 0.3) is 0 Å². The van der Waals surface area contributed by atoms with Crippen molar-refractivity contribution >= 4 is 5.82 Å². The molecule has 2 aliphatic rings. The number of anilines is 1. The van der Waals surface area contributed by atoms with Gasteiger partial charge in [0.15, 0.2) is 5.82 Å². The topological polar surface area (TPSA) is 83.4 Å². The van der Waals surface area contributed by atoms with Crippen LogP contribution >= 0.6 is 0 Å². The third kappa shape index (κ3) is 4.13. The number of hydrogen-bond acceptors (Lipinski definition) is 7. The van der Waals surface area contributed by atoms with Crippen LogP contribution in [0.3, 0.4) is 0 Å². The number of pyridine rings is 1. The summed E-state index contributed by atoms with van der Waals surface area (Å²) < 4.78 is 5.20. The molecule has 3 aromatic rings. The second kappa shape index (κ2) is 7.99. The fourth-order valence-electron chi connectivity index (χ4n) is 5.57. The van der Waals surface area contributed by atoms with Crippen molar-refractivity contribution in [2.24, 2.45) is 0 Å². The van der Waals surface area contributed by atoms with Gasteiger partial charge in [0.2, 0.25) is 5.88 Å². The van der Waals surface area contributed by atoms with E-state index in [0.717, 1.165) is 29.8 Å². The minimum atomic E-state index is 0.162. The molecule has 0 unspecified atom stereocenters. The van der Waals surface area contributed by atoms with Crippen molar-refractivity contribution < 1.29 is 9.84 Å². The van der Waals surface area contributed by atoms with Gasteiger partial charge >= 0.3 is 0 Å². The zero-order valence-electron chi connectivity index (χ0n) is 19.7. The van der Waals surface area contributed by atoms with Crippen LogP contribution in [0.25, 0.3) is 22.4 Å². The number of aromatic nitrogens is 3. The van der Waals surface area contributed by atoms with E-state index in [1.165, 1.54) is 12.8 Å². The van der Waals surface area contributed by atoms with Crippen molar-refractivity contribution in [1.82, 2.24) is 20.5 Å². The van der Waals surface area contributed by atoms with E-state index in [1.54, 1.807) is 19.4 Å². The molecule has 172 valence electrons. The number of fused-ring (bicyclic) bond motifs is 2. The van der Waals surface area contributed by atoms with E-state index in [2.05, 4.69) is 46.3 Å². The SMILES string of the molecule is COc1cc(-c2ccc(-c3ccc(N(C)[C@H]4C[C@]5(C)CC[C@](C)(C4)N5)nn3)c(O)c2)ccn1. The summed E-state index contributed by atoms with van der Waals surface area (Å²) in [5.41, 5.74) is 3.50. The number of nitrogens with zero attached hydrogens (tertiary/aromatic N) is 4. The number of phenolic OH excluding ortho intramolecular Hbond substituents is 1. The molecule has 7 heteroatoms. The average Bonchev–Trinajstić information content (AvgIpc) is 3.05. The largest absolute Gasteiger partial charge is 0.507 e. The Morgan fingerprint density at radius 3 is 2.36 bits per heavy atom. The zero-order chi connectivity index (χ0) is 23.2. The van der Waals surface area contributed by atoms with E-state index in [9.17, 15) is 5.11 Å². The molecule has 7 nitrogen and oxygen atoms in total. The van der Waals surface area contributed by atoms with Gasteiger partial charge in [-0.25, -0.2) is 4.98 Å². The maximum absolute atomic E-state index is 10.7. The van der Waals surface area contributed by atoms with Gasteiger partial charge in [-0.3, -0.25) is 0 Å². The Morgan fingerprint density at radius 2 is 1.73 bits per heavy atom. The Balaban J connectivity index is 1.35. The molecule has 2 saturated heterocycles. The molecule has 2 fully saturated rings. The van der Waals surface area contributed by atoms with Crippen molar-refractivity contribution in [3.8, 4) is 34.0 Å². The van der Waals surface area contributed by atoms with Crippen molar-refractivity contribution in [3.63, 3.8) is 0 Å². The summed E-state index contributed by atoms with van der Waals surface area (Å²) >= 11 is 0. The highest BCUT2D eigenvalue weighted by Gasteiger charge is 2.49. The molecule has 0 radical (unpaired) electrons. The Labute approximate surface area is 194 Å². The van der Waals surface area contributed by atoms with Crippen LogP contribution in [0.1, 0.15) is 39.5 Å². The Morgan fingerprint density at radius 1 is 1.00 bits per heavy atom. The van der Waals surface area contributed by atoms with Crippen molar-refractivity contribution in [3.05, 3.63) is 48.7 Å². The normalized spacial score (nSPS) is 26.2. The molecule has 33 heavy (non-hydrogen) atoms. The standard InChI is InChI=1S/C26H31N5O2/c1-25-10-11-26(2,30-25)16-19(15-25)31(3)23-8-7-21(28-29-23)20-6-5-17(13-22(20)32)18-9-12-27-24(14-18)33-4/h5-9,12-14,19,30,32H,10-11,15-16H2,1-4H3/t19-,25-,26+. The summed E-state index contributed by atoms with van der Waals surface area (Å²) in [5.74, 6) is 1.55. The molecule has 0 amide bonds. The van der Waals surface area contributed by atoms with Gasteiger partial charge in [0, 0.05) is 42.0 Å². The summed E-state index contributed by atoms with van der Waals surface area (Å²) in [6.45, 7) is 4.67. The number of phenols is 1. The monoisotopic (exact) mass is 445 g/mol. The summed E-state index contributed by atoms with van der Waals surface area (Å²) in [6, 6.07) is 13.6. The Bertz CT molecular complexity index is 1150. The Kier molecular flexibility index (Phi) is 5.24. The predicted molar refractivity (Wildman–Crippen MR) is 130 cm³/mol. The van der Waals surface area contributed by atoms with Crippen molar-refractivity contribution in [1.29, 1.82) is 0 Å². The smallest absolute Gasteiger partial charge is 0.213 e. The first-order chi connectivity index (χ1) is 15.8. The Hall–Kier alpha value is -3.19. The molecule has 2 N–H and O–H groups in total. The van der Waals surface area contributed by atoms with Crippen LogP contribution in [0.2, 0.25) is 0 Å². The van der Waals surface area contributed by atoms with E-state index >= 15 is 0 Å². The van der Waals surface area contributed by atoms with E-state index < -0.39 is 0 Å². The maximum Gasteiger partial charge on any atom is 0.213 e. The molecular weight excluding hydrogens is 414 g/mol. The minimum Gasteiger partial charge on any atom is -0.507 e. The number of hydrogen-bond donors (Lipinski definition) is 2. The quantitative estimate of drug-likeness (QED) is 0.601. The highest BCUT2D eigenvalue weighted by atomic mass is 16.5. The molecule has 2 aliphatic heterocycles. The summed E-state index contributed by atoms with van der Waals surface area (Å²) in [6.07, 6.45) is 6.34. The third-order valence-corrected chi connectivity index (χ3v) is 7.31. The molecule has 1 aromatic carbocycles. The number of ether oxygens (including phenoxy) is 1. The van der Waals surface area contributed by atoms with Crippen molar-refractivity contribution in [2.75, 3.05) is 19.1 Å². The first-order valence-corrected chi connectivity index (χ1v) is 11.5. The lowest BCUT2D eigenvalue weighted by molar-refractivity contribution is 0.207. The highest BCUT2D eigenvalue weighted by molar-refractivity contribution is 5.74. The number of piperidine rings is 1. The summed E-state index contributed by atoms with van der Waals surface area (Å²) in [7, 11) is 3.70. The van der Waals surface area contributed by atoms with E-state index in [0.29, 0.717) is 23.2 Å². The second-order valence-corrected chi connectivity index (χ2v) is 10.0. The van der Waals surface area contributed by atoms with Crippen LogP contribution in [-0.2, 0) is 0 Å². The molecule has 5 rings (SSSR count). The minimum absolute atomic E-state index is 0.162. The fourth-order valence-corrected chi connectivity index (χ4v) is 5.57. The molecule has 0 aliphatic carbocycles. The number of aromatic hydroxyl groups is 1. The lowest BCUT2D eigenvalue weighted by Crippen LogP contribution is -2.58. The molecule has 0 saturated carbocycles. The number of methoxy groups -OCH3 is 1. The lowest BCUT2D eigenvalue weighted by atomic mass is 9.84. The van der Waals surface area contributed by atoms with E-state index in [1.807, 2.05) is 36.4 Å². The maximum atomic E-state index is 10.7. The van der Waals surface area contributed by atoms with Crippen molar-refractivity contribution in [2.45, 2.75) is 56.7 Å². The molecular formula is C26H31N5O2. The average molecular weight is 446 g/mol. The van der Waals surface area contributed by atoms with Gasteiger partial charge in [-0.2, -0.15) is 0 Å². The number of rotatable bonds is 5. The van der Waals surface area contributed by atoms with Crippen LogP contribution in [0.5, 0.6) is 11.6 Å². The van der Waals surface area contributed by atoms with E-state index in [-0.39, 0.29) is 16.8 Å². The first kappa shape index (κ1) is 21.6.